The summed E-state index contributed by atoms with van der Waals surface area (Å²) in [4.78, 5) is 11.7. The molecule has 2 aromatic rings. The van der Waals surface area contributed by atoms with Crippen LogP contribution in [0.25, 0.3) is 0 Å². The van der Waals surface area contributed by atoms with E-state index in [-0.39, 0.29) is 6.54 Å². The number of carbonyl (C=O) groups is 1. The summed E-state index contributed by atoms with van der Waals surface area (Å²) in [7, 11) is -1.04. The van der Waals surface area contributed by atoms with E-state index in [0.29, 0.717) is 28.6 Å². The van der Waals surface area contributed by atoms with Crippen LogP contribution in [0.2, 0.25) is 5.02 Å². The van der Waals surface area contributed by atoms with E-state index in [1.54, 1.807) is 24.3 Å². The maximum atomic E-state index is 12.0. The molecule has 2 amide bonds. The SMILES string of the molecule is O=C(NCC[S@@](=O)Cc1ccccc1)NC[C@@H](O)c1ccccc1Cl. The maximum Gasteiger partial charge on any atom is 0.314 e. The molecule has 3 N–H and O–H groups in total. The Bertz CT molecular complexity index is 712. The molecule has 7 heteroatoms. The predicted octanol–water partition coefficient (Wildman–Crippen LogP) is 2.62. The molecule has 0 unspecified atom stereocenters. The number of benzene rings is 2. The molecule has 0 aliphatic carbocycles. The van der Waals surface area contributed by atoms with Crippen LogP contribution in [0.3, 0.4) is 0 Å². The molecule has 0 bridgehead atoms. The zero-order valence-corrected chi connectivity index (χ0v) is 15.2. The van der Waals surface area contributed by atoms with Gasteiger partial charge in [-0.25, -0.2) is 4.79 Å². The van der Waals surface area contributed by atoms with E-state index >= 15 is 0 Å². The second kappa shape index (κ2) is 10.2. The number of aliphatic hydroxyl groups excluding tert-OH is 1. The van der Waals surface area contributed by atoms with Crippen molar-refractivity contribution < 1.29 is 14.1 Å². The van der Waals surface area contributed by atoms with E-state index in [1.165, 1.54) is 0 Å². The zero-order chi connectivity index (χ0) is 18.1. The maximum absolute atomic E-state index is 12.0. The van der Waals surface area contributed by atoms with Gasteiger partial charge in [0.1, 0.15) is 0 Å². The van der Waals surface area contributed by atoms with Gasteiger partial charge in [-0.15, -0.1) is 0 Å². The normalized spacial score (nSPS) is 13.0. The summed E-state index contributed by atoms with van der Waals surface area (Å²) in [5, 5.41) is 15.7. The number of nitrogens with one attached hydrogen (secondary N) is 2. The first-order valence-corrected chi connectivity index (χ1v) is 9.76. The van der Waals surface area contributed by atoms with Crippen LogP contribution < -0.4 is 10.6 Å². The summed E-state index contributed by atoms with van der Waals surface area (Å²) >= 11 is 6.00. The highest BCUT2D eigenvalue weighted by Crippen LogP contribution is 2.21. The van der Waals surface area contributed by atoms with Crippen molar-refractivity contribution in [1.82, 2.24) is 10.6 Å². The molecular formula is C18H21ClN2O3S. The highest BCUT2D eigenvalue weighted by molar-refractivity contribution is 7.84. The molecule has 2 rings (SSSR count). The van der Waals surface area contributed by atoms with E-state index in [4.69, 9.17) is 11.6 Å². The molecule has 0 saturated carbocycles. The number of hydrogen-bond donors (Lipinski definition) is 3. The van der Waals surface area contributed by atoms with E-state index in [0.717, 1.165) is 5.56 Å². The Morgan fingerprint density at radius 2 is 1.76 bits per heavy atom. The summed E-state index contributed by atoms with van der Waals surface area (Å²) in [5.74, 6) is 0.838. The molecular weight excluding hydrogens is 360 g/mol. The minimum absolute atomic E-state index is 0.0443. The topological polar surface area (TPSA) is 78.4 Å². The Morgan fingerprint density at radius 1 is 1.08 bits per heavy atom. The lowest BCUT2D eigenvalue weighted by molar-refractivity contribution is 0.173. The van der Waals surface area contributed by atoms with Gasteiger partial charge in [-0.05, 0) is 11.6 Å². The number of aliphatic hydroxyl groups is 1. The molecule has 0 fully saturated rings. The molecule has 0 aromatic heterocycles. The van der Waals surface area contributed by atoms with Crippen LogP contribution in [-0.2, 0) is 16.6 Å². The van der Waals surface area contributed by atoms with Crippen molar-refractivity contribution in [2.75, 3.05) is 18.8 Å². The Labute approximate surface area is 154 Å². The Kier molecular flexibility index (Phi) is 7.91. The molecule has 25 heavy (non-hydrogen) atoms. The number of amides is 2. The van der Waals surface area contributed by atoms with E-state index in [2.05, 4.69) is 10.6 Å². The second-order valence-corrected chi connectivity index (χ2v) is 7.43. The summed E-state index contributed by atoms with van der Waals surface area (Å²) in [6.07, 6.45) is -0.883. The minimum Gasteiger partial charge on any atom is -0.387 e. The van der Waals surface area contributed by atoms with Gasteiger partial charge in [0.15, 0.2) is 0 Å². The van der Waals surface area contributed by atoms with Gasteiger partial charge in [-0.1, -0.05) is 60.1 Å². The quantitative estimate of drug-likeness (QED) is 0.658. The molecule has 134 valence electrons. The fourth-order valence-electron chi connectivity index (χ4n) is 2.22. The average molecular weight is 381 g/mol. The van der Waals surface area contributed by atoms with Crippen molar-refractivity contribution in [2.24, 2.45) is 0 Å². The third kappa shape index (κ3) is 6.86. The minimum atomic E-state index is -1.04. The first-order chi connectivity index (χ1) is 12.1. The van der Waals surface area contributed by atoms with Gasteiger partial charge in [0, 0.05) is 46.0 Å². The van der Waals surface area contributed by atoms with Crippen molar-refractivity contribution in [3.05, 3.63) is 70.7 Å². The largest absolute Gasteiger partial charge is 0.387 e. The Morgan fingerprint density at radius 3 is 2.48 bits per heavy atom. The summed E-state index contributed by atoms with van der Waals surface area (Å²) < 4.78 is 12.0. The number of hydrogen-bond acceptors (Lipinski definition) is 3. The Hall–Kier alpha value is -1.89. The van der Waals surface area contributed by atoms with Gasteiger partial charge < -0.3 is 15.7 Å². The van der Waals surface area contributed by atoms with Crippen LogP contribution in [0, 0.1) is 0 Å². The van der Waals surface area contributed by atoms with Gasteiger partial charge in [-0.3, -0.25) is 4.21 Å². The smallest absolute Gasteiger partial charge is 0.314 e. The molecule has 0 spiro atoms. The van der Waals surface area contributed by atoms with E-state index < -0.39 is 22.9 Å². The second-order valence-electron chi connectivity index (χ2n) is 5.45. The van der Waals surface area contributed by atoms with E-state index in [1.807, 2.05) is 30.3 Å². The van der Waals surface area contributed by atoms with E-state index in [9.17, 15) is 14.1 Å². The number of halogens is 1. The van der Waals surface area contributed by atoms with Gasteiger partial charge in [0.05, 0.1) is 6.10 Å². The Balaban J connectivity index is 1.65. The fourth-order valence-corrected chi connectivity index (χ4v) is 3.52. The molecule has 0 aliphatic rings. The summed E-state index contributed by atoms with van der Waals surface area (Å²) in [6, 6.07) is 16.1. The van der Waals surface area contributed by atoms with Crippen molar-refractivity contribution >= 4 is 28.4 Å². The van der Waals surface area contributed by atoms with Gasteiger partial charge in [-0.2, -0.15) is 0 Å². The number of rotatable bonds is 8. The van der Waals surface area contributed by atoms with Crippen molar-refractivity contribution in [2.45, 2.75) is 11.9 Å². The molecule has 5 nitrogen and oxygen atoms in total. The fraction of sp³-hybridized carbons (Fsp3) is 0.278. The van der Waals surface area contributed by atoms with Gasteiger partial charge in [0.25, 0.3) is 0 Å². The lowest BCUT2D eigenvalue weighted by Crippen LogP contribution is -2.39. The third-order valence-electron chi connectivity index (χ3n) is 3.51. The van der Waals surface area contributed by atoms with Crippen molar-refractivity contribution in [3.8, 4) is 0 Å². The summed E-state index contributed by atoms with van der Waals surface area (Å²) in [6.45, 7) is 0.343. The predicted molar refractivity (Wildman–Crippen MR) is 101 cm³/mol. The highest BCUT2D eigenvalue weighted by atomic mass is 35.5. The van der Waals surface area contributed by atoms with Crippen molar-refractivity contribution in [1.29, 1.82) is 0 Å². The zero-order valence-electron chi connectivity index (χ0n) is 13.7. The molecule has 0 saturated heterocycles. The van der Waals surface area contributed by atoms with Crippen LogP contribution in [0.1, 0.15) is 17.2 Å². The van der Waals surface area contributed by atoms with Crippen LogP contribution in [-0.4, -0.2) is 34.2 Å². The van der Waals surface area contributed by atoms with Crippen LogP contribution in [0.4, 0.5) is 4.79 Å². The van der Waals surface area contributed by atoms with Crippen LogP contribution >= 0.6 is 11.6 Å². The average Bonchev–Trinajstić information content (AvgIpc) is 2.61. The van der Waals surface area contributed by atoms with Crippen LogP contribution in [0.15, 0.2) is 54.6 Å². The van der Waals surface area contributed by atoms with Crippen LogP contribution in [0.5, 0.6) is 0 Å². The standard InChI is InChI=1S/C18H21ClN2O3S/c19-16-9-5-4-8-15(16)17(22)12-21-18(23)20-10-11-25(24)13-14-6-2-1-3-7-14/h1-9,17,22H,10-13H2,(H2,20,21,23)/t17-,25-/m1/s1. The monoisotopic (exact) mass is 380 g/mol. The lowest BCUT2D eigenvalue weighted by Gasteiger charge is -2.14. The molecule has 0 radical (unpaired) electrons. The molecule has 2 aromatic carbocycles. The highest BCUT2D eigenvalue weighted by Gasteiger charge is 2.12. The third-order valence-corrected chi connectivity index (χ3v) is 5.16. The number of carbonyl (C=O) groups excluding carboxylic acids is 1. The lowest BCUT2D eigenvalue weighted by atomic mass is 10.1. The first-order valence-electron chi connectivity index (χ1n) is 7.89. The molecule has 0 heterocycles. The van der Waals surface area contributed by atoms with Gasteiger partial charge >= 0.3 is 6.03 Å². The summed E-state index contributed by atoms with van der Waals surface area (Å²) in [5.41, 5.74) is 1.57. The van der Waals surface area contributed by atoms with Crippen molar-refractivity contribution in [3.63, 3.8) is 0 Å². The number of urea groups is 1. The van der Waals surface area contributed by atoms with Gasteiger partial charge in [0.2, 0.25) is 0 Å². The first kappa shape index (κ1) is 19.4. The molecule has 2 atom stereocenters. The molecule has 0 aliphatic heterocycles.